The quantitative estimate of drug-likeness (QED) is 0.721. The average molecular weight is 208 g/mol. The summed E-state index contributed by atoms with van der Waals surface area (Å²) >= 11 is 0. The summed E-state index contributed by atoms with van der Waals surface area (Å²) in [6.45, 7) is 6.96. The van der Waals surface area contributed by atoms with Crippen molar-refractivity contribution in [2.75, 3.05) is 0 Å². The topological polar surface area (TPSA) is 40.5 Å². The van der Waals surface area contributed by atoms with Crippen LogP contribution >= 0.6 is 0 Å². The molecule has 0 aliphatic heterocycles. The van der Waals surface area contributed by atoms with E-state index < -0.39 is 15.2 Å². The summed E-state index contributed by atoms with van der Waals surface area (Å²) in [5.41, 5.74) is 1.85. The van der Waals surface area contributed by atoms with Crippen LogP contribution in [0, 0.1) is 0 Å². The molecular weight excluding hydrogens is 191 g/mol. The van der Waals surface area contributed by atoms with Gasteiger partial charge in [-0.25, -0.2) is 0 Å². The van der Waals surface area contributed by atoms with Crippen molar-refractivity contribution in [3.8, 4) is 0 Å². The van der Waals surface area contributed by atoms with Crippen LogP contribution in [-0.2, 0) is 6.04 Å². The molecule has 76 valence electrons. The monoisotopic (exact) mass is 208 g/mol. The van der Waals surface area contributed by atoms with E-state index in [9.17, 15) is 0 Å². The Hall–Kier alpha value is -0.578. The first-order valence-electron chi connectivity index (χ1n) is 4.83. The van der Waals surface area contributed by atoms with Crippen LogP contribution in [0.25, 0.3) is 0 Å². The maximum atomic E-state index is 8.91. The van der Waals surface area contributed by atoms with E-state index in [0.717, 1.165) is 6.04 Å². The zero-order valence-electron chi connectivity index (χ0n) is 8.99. The van der Waals surface area contributed by atoms with E-state index in [0.29, 0.717) is 5.46 Å². The Balaban J connectivity index is 2.74. The van der Waals surface area contributed by atoms with Gasteiger partial charge < -0.3 is 10.0 Å². The minimum atomic E-state index is -1.35. The van der Waals surface area contributed by atoms with E-state index in [4.69, 9.17) is 10.0 Å². The van der Waals surface area contributed by atoms with Gasteiger partial charge in [-0.1, -0.05) is 49.5 Å². The van der Waals surface area contributed by atoms with Crippen LogP contribution in [0.5, 0.6) is 0 Å². The van der Waals surface area contributed by atoms with E-state index in [1.165, 1.54) is 5.56 Å². The van der Waals surface area contributed by atoms with Crippen LogP contribution in [0.1, 0.15) is 5.56 Å². The van der Waals surface area contributed by atoms with Crippen molar-refractivity contribution in [2.45, 2.75) is 25.7 Å². The predicted molar refractivity (Wildman–Crippen MR) is 63.3 cm³/mol. The highest BCUT2D eigenvalue weighted by Crippen LogP contribution is 2.10. The van der Waals surface area contributed by atoms with Gasteiger partial charge in [0.15, 0.2) is 0 Å². The third kappa shape index (κ3) is 3.66. The fourth-order valence-corrected chi connectivity index (χ4v) is 2.88. The second kappa shape index (κ2) is 4.30. The fourth-order valence-electron chi connectivity index (χ4n) is 1.42. The molecule has 1 rings (SSSR count). The molecular formula is C10H17BO2Si. The Morgan fingerprint density at radius 2 is 1.57 bits per heavy atom. The van der Waals surface area contributed by atoms with E-state index in [1.54, 1.807) is 12.1 Å². The van der Waals surface area contributed by atoms with Gasteiger partial charge in [-0.15, -0.1) is 0 Å². The van der Waals surface area contributed by atoms with Crippen LogP contribution < -0.4 is 5.46 Å². The highest BCUT2D eigenvalue weighted by atomic mass is 28.3. The van der Waals surface area contributed by atoms with E-state index >= 15 is 0 Å². The number of hydrogen-bond donors (Lipinski definition) is 2. The van der Waals surface area contributed by atoms with Crippen molar-refractivity contribution in [1.82, 2.24) is 0 Å². The van der Waals surface area contributed by atoms with E-state index in [1.807, 2.05) is 12.1 Å². The molecule has 0 saturated carbocycles. The molecule has 2 N–H and O–H groups in total. The molecule has 2 nitrogen and oxygen atoms in total. The van der Waals surface area contributed by atoms with Crippen LogP contribution in [0.3, 0.4) is 0 Å². The van der Waals surface area contributed by atoms with Gasteiger partial charge in [-0.05, 0) is 11.5 Å². The van der Waals surface area contributed by atoms with E-state index in [-0.39, 0.29) is 0 Å². The Bertz CT molecular complexity index is 290. The maximum absolute atomic E-state index is 8.91. The largest absolute Gasteiger partial charge is 0.488 e. The first-order chi connectivity index (χ1) is 6.38. The van der Waals surface area contributed by atoms with Crippen LogP contribution in [0.4, 0.5) is 0 Å². The summed E-state index contributed by atoms with van der Waals surface area (Å²) in [5.74, 6) is 0. The summed E-state index contributed by atoms with van der Waals surface area (Å²) in [6, 6.07) is 8.65. The van der Waals surface area contributed by atoms with Gasteiger partial charge >= 0.3 is 7.12 Å². The Labute approximate surface area is 86.8 Å². The molecule has 0 atom stereocenters. The molecule has 0 amide bonds. The molecule has 1 aromatic carbocycles. The summed E-state index contributed by atoms with van der Waals surface area (Å²) in [5, 5.41) is 17.8. The minimum absolute atomic E-state index is 0.560. The van der Waals surface area contributed by atoms with Crippen LogP contribution in [0.2, 0.25) is 19.6 Å². The summed E-state index contributed by atoms with van der Waals surface area (Å²) in [7, 11) is -2.42. The van der Waals surface area contributed by atoms with Gasteiger partial charge in [-0.3, -0.25) is 0 Å². The van der Waals surface area contributed by atoms with Crippen molar-refractivity contribution in [3.05, 3.63) is 29.8 Å². The summed E-state index contributed by atoms with van der Waals surface area (Å²) in [6.07, 6.45) is 0. The highest BCUT2D eigenvalue weighted by molar-refractivity contribution is 6.75. The molecule has 0 aromatic heterocycles. The van der Waals surface area contributed by atoms with Crippen LogP contribution in [0.15, 0.2) is 24.3 Å². The third-order valence-corrected chi connectivity index (χ3v) is 3.48. The number of benzene rings is 1. The smallest absolute Gasteiger partial charge is 0.423 e. The fraction of sp³-hybridized carbons (Fsp3) is 0.400. The molecule has 1 aromatic rings. The lowest BCUT2D eigenvalue weighted by Gasteiger charge is -2.15. The molecule has 0 radical (unpaired) electrons. The number of hydrogen-bond acceptors (Lipinski definition) is 2. The Morgan fingerprint density at radius 3 is 1.93 bits per heavy atom. The van der Waals surface area contributed by atoms with Crippen molar-refractivity contribution in [1.29, 1.82) is 0 Å². The zero-order valence-corrected chi connectivity index (χ0v) is 9.99. The molecule has 0 spiro atoms. The molecule has 0 aliphatic rings. The average Bonchev–Trinajstić information content (AvgIpc) is 2.02. The van der Waals surface area contributed by atoms with Gasteiger partial charge in [0.2, 0.25) is 0 Å². The van der Waals surface area contributed by atoms with Crippen LogP contribution in [-0.4, -0.2) is 25.2 Å². The van der Waals surface area contributed by atoms with Crippen molar-refractivity contribution in [2.24, 2.45) is 0 Å². The van der Waals surface area contributed by atoms with Gasteiger partial charge in [0.1, 0.15) is 0 Å². The molecule has 0 saturated heterocycles. The maximum Gasteiger partial charge on any atom is 0.488 e. The minimum Gasteiger partial charge on any atom is -0.423 e. The van der Waals surface area contributed by atoms with Gasteiger partial charge in [0.25, 0.3) is 0 Å². The SMILES string of the molecule is C[Si](C)(C)Cc1ccc(B(O)O)cc1. The first kappa shape index (κ1) is 11.5. The lowest BCUT2D eigenvalue weighted by molar-refractivity contribution is 0.426. The van der Waals surface area contributed by atoms with Gasteiger partial charge in [0, 0.05) is 8.07 Å². The molecule has 0 unspecified atom stereocenters. The summed E-state index contributed by atoms with van der Waals surface area (Å²) in [4.78, 5) is 0. The third-order valence-electron chi connectivity index (χ3n) is 2.01. The normalized spacial score (nSPS) is 11.5. The Kier molecular flexibility index (Phi) is 3.53. The van der Waals surface area contributed by atoms with Crippen molar-refractivity contribution >= 4 is 20.7 Å². The predicted octanol–water partition coefficient (Wildman–Crippen LogP) is 0.786. The first-order valence-corrected chi connectivity index (χ1v) is 8.54. The lowest BCUT2D eigenvalue weighted by Crippen LogP contribution is -2.30. The van der Waals surface area contributed by atoms with Gasteiger partial charge in [-0.2, -0.15) is 0 Å². The van der Waals surface area contributed by atoms with Crippen molar-refractivity contribution < 1.29 is 10.0 Å². The van der Waals surface area contributed by atoms with E-state index in [2.05, 4.69) is 19.6 Å². The van der Waals surface area contributed by atoms with Gasteiger partial charge in [0.05, 0.1) is 0 Å². The molecule has 0 bridgehead atoms. The Morgan fingerprint density at radius 1 is 1.07 bits per heavy atom. The molecule has 4 heteroatoms. The molecule has 0 aliphatic carbocycles. The highest BCUT2D eigenvalue weighted by Gasteiger charge is 2.15. The molecule has 0 fully saturated rings. The lowest BCUT2D eigenvalue weighted by atomic mass is 9.80. The summed E-state index contributed by atoms with van der Waals surface area (Å²) < 4.78 is 0. The number of rotatable bonds is 3. The second-order valence-electron chi connectivity index (χ2n) is 4.85. The standard InChI is InChI=1S/C10H17BO2Si/c1-14(2,3)8-9-4-6-10(7-5-9)11(12)13/h4-7,12-13H,8H2,1-3H3. The zero-order chi connectivity index (χ0) is 10.8. The molecule has 0 heterocycles. The van der Waals surface area contributed by atoms with Crippen molar-refractivity contribution in [3.63, 3.8) is 0 Å². The second-order valence-corrected chi connectivity index (χ2v) is 10.3. The molecule has 14 heavy (non-hydrogen) atoms.